The topological polar surface area (TPSA) is 90.6 Å². The molecule has 0 spiro atoms. The number of pyridine rings is 1. The molecule has 0 saturated heterocycles. The third kappa shape index (κ3) is 4.30. The molecule has 0 unspecified atom stereocenters. The number of benzene rings is 1. The number of aliphatic imine (C=N–C) groups is 1. The monoisotopic (exact) mass is 473 g/mol. The number of methoxy groups -OCH3 is 2. The number of fused-ring (bicyclic) bond motifs is 1. The van der Waals surface area contributed by atoms with Gasteiger partial charge < -0.3 is 14.4 Å². The van der Waals surface area contributed by atoms with E-state index < -0.39 is 5.82 Å². The molecule has 10 heteroatoms. The van der Waals surface area contributed by atoms with Crippen molar-refractivity contribution in [3.63, 3.8) is 0 Å². The van der Waals surface area contributed by atoms with Crippen LogP contribution in [0.2, 0.25) is 0 Å². The first-order valence-electron chi connectivity index (χ1n) is 11.0. The zero-order chi connectivity index (χ0) is 24.5. The zero-order valence-electron chi connectivity index (χ0n) is 19.9. The fraction of sp³-hybridized carbons (Fsp3) is 0.240. The van der Waals surface area contributed by atoms with E-state index >= 15 is 4.39 Å². The fourth-order valence-corrected chi connectivity index (χ4v) is 3.89. The number of nitrogens with zero attached hydrogens (tertiary/aromatic N) is 7. The summed E-state index contributed by atoms with van der Waals surface area (Å²) < 4.78 is 27.9. The van der Waals surface area contributed by atoms with Gasteiger partial charge in [-0.15, -0.1) is 0 Å². The van der Waals surface area contributed by atoms with Crippen molar-refractivity contribution in [2.24, 2.45) is 12.0 Å². The maximum atomic E-state index is 15.6. The summed E-state index contributed by atoms with van der Waals surface area (Å²) in [5.41, 5.74) is 4.76. The van der Waals surface area contributed by atoms with E-state index in [1.807, 2.05) is 32.4 Å². The van der Waals surface area contributed by atoms with Crippen molar-refractivity contribution < 1.29 is 13.9 Å². The predicted octanol–water partition coefficient (Wildman–Crippen LogP) is 4.47. The van der Waals surface area contributed by atoms with Crippen LogP contribution in [0.5, 0.6) is 11.5 Å². The molecule has 0 N–H and O–H groups in total. The molecular formula is C25H24FN7O2. The maximum absolute atomic E-state index is 15.6. The summed E-state index contributed by atoms with van der Waals surface area (Å²) in [6.45, 7) is 2.33. The number of halogens is 1. The van der Waals surface area contributed by atoms with E-state index in [9.17, 15) is 0 Å². The summed E-state index contributed by atoms with van der Waals surface area (Å²) >= 11 is 0. The summed E-state index contributed by atoms with van der Waals surface area (Å²) in [6.07, 6.45) is 7.88. The molecule has 1 aliphatic rings. The molecule has 4 aromatic rings. The lowest BCUT2D eigenvalue weighted by Gasteiger charge is -2.26. The molecule has 3 aromatic heterocycles. The zero-order valence-corrected chi connectivity index (χ0v) is 19.9. The van der Waals surface area contributed by atoms with Crippen LogP contribution in [0.15, 0.2) is 59.1 Å². The van der Waals surface area contributed by atoms with Gasteiger partial charge in [-0.1, -0.05) is 0 Å². The Bertz CT molecular complexity index is 1480. The number of allylic oxidation sites excluding steroid dienone is 1. The third-order valence-electron chi connectivity index (χ3n) is 5.85. The van der Waals surface area contributed by atoms with Gasteiger partial charge in [0.15, 0.2) is 17.2 Å². The van der Waals surface area contributed by atoms with Crippen molar-refractivity contribution in [2.75, 3.05) is 25.7 Å². The molecule has 1 aromatic carbocycles. The number of hydrogen-bond acceptors (Lipinski definition) is 8. The van der Waals surface area contributed by atoms with Crippen LogP contribution in [-0.4, -0.2) is 51.7 Å². The smallest absolute Gasteiger partial charge is 0.188 e. The summed E-state index contributed by atoms with van der Waals surface area (Å²) in [5.74, 6) is 0.505. The molecule has 35 heavy (non-hydrogen) atoms. The van der Waals surface area contributed by atoms with Crippen molar-refractivity contribution in [1.29, 1.82) is 0 Å². The van der Waals surface area contributed by atoms with Crippen LogP contribution in [-0.2, 0) is 7.05 Å². The Morgan fingerprint density at radius 3 is 2.66 bits per heavy atom. The van der Waals surface area contributed by atoms with Crippen molar-refractivity contribution in [3.05, 3.63) is 59.9 Å². The molecule has 178 valence electrons. The molecule has 0 atom stereocenters. The van der Waals surface area contributed by atoms with Gasteiger partial charge in [-0.25, -0.2) is 14.4 Å². The second-order valence-electron chi connectivity index (χ2n) is 8.16. The third-order valence-corrected chi connectivity index (χ3v) is 5.85. The van der Waals surface area contributed by atoms with Crippen molar-refractivity contribution in [2.45, 2.75) is 13.3 Å². The van der Waals surface area contributed by atoms with Gasteiger partial charge in [-0.3, -0.25) is 14.7 Å². The number of anilines is 2. The molecule has 5 rings (SSSR count). The SMILES string of the molecule is COc1cc(OC)c(F)c(N(CC2=C(C)CC=N2)c2ccc3ncc(-c4cnn(C)c4)nc3n2)c1. The van der Waals surface area contributed by atoms with Gasteiger partial charge in [0, 0.05) is 43.6 Å². The first-order chi connectivity index (χ1) is 17.0. The van der Waals surface area contributed by atoms with Crippen LogP contribution < -0.4 is 14.4 Å². The van der Waals surface area contributed by atoms with Crippen molar-refractivity contribution in [1.82, 2.24) is 24.7 Å². The minimum absolute atomic E-state index is 0.0735. The first kappa shape index (κ1) is 22.5. The Labute approximate surface area is 201 Å². The second kappa shape index (κ2) is 9.13. The Balaban J connectivity index is 1.65. The molecule has 4 heterocycles. The summed E-state index contributed by atoms with van der Waals surface area (Å²) in [6, 6.07) is 6.74. The summed E-state index contributed by atoms with van der Waals surface area (Å²) in [7, 11) is 4.79. The van der Waals surface area contributed by atoms with Crippen LogP contribution in [0, 0.1) is 5.82 Å². The number of rotatable bonds is 7. The summed E-state index contributed by atoms with van der Waals surface area (Å²) in [5, 5.41) is 4.20. The molecular weight excluding hydrogens is 449 g/mol. The normalized spacial score (nSPS) is 13.1. The van der Waals surface area contributed by atoms with E-state index in [4.69, 9.17) is 19.4 Å². The molecule has 0 aliphatic carbocycles. The van der Waals surface area contributed by atoms with Gasteiger partial charge in [0.2, 0.25) is 0 Å². The van der Waals surface area contributed by atoms with Crippen LogP contribution in [0.3, 0.4) is 0 Å². The van der Waals surface area contributed by atoms with E-state index in [-0.39, 0.29) is 11.4 Å². The highest BCUT2D eigenvalue weighted by Crippen LogP contribution is 2.37. The van der Waals surface area contributed by atoms with Gasteiger partial charge in [-0.05, 0) is 24.6 Å². The lowest BCUT2D eigenvalue weighted by Crippen LogP contribution is -2.22. The fourth-order valence-electron chi connectivity index (χ4n) is 3.89. The Morgan fingerprint density at radius 2 is 1.97 bits per heavy atom. The number of ether oxygens (including phenoxy) is 2. The van der Waals surface area contributed by atoms with Crippen LogP contribution >= 0.6 is 0 Å². The maximum Gasteiger partial charge on any atom is 0.188 e. The van der Waals surface area contributed by atoms with Gasteiger partial charge in [0.05, 0.1) is 50.2 Å². The van der Waals surface area contributed by atoms with Crippen molar-refractivity contribution in [3.8, 4) is 22.8 Å². The van der Waals surface area contributed by atoms with Crippen molar-refractivity contribution >= 4 is 28.9 Å². The first-order valence-corrected chi connectivity index (χ1v) is 11.0. The Kier molecular flexibility index (Phi) is 5.86. The van der Waals surface area contributed by atoms with Gasteiger partial charge in [-0.2, -0.15) is 5.10 Å². The average molecular weight is 474 g/mol. The lowest BCUT2D eigenvalue weighted by molar-refractivity contribution is 0.374. The van der Waals surface area contributed by atoms with Gasteiger partial charge in [0.25, 0.3) is 0 Å². The average Bonchev–Trinajstić information content (AvgIpc) is 3.50. The van der Waals surface area contributed by atoms with E-state index in [0.29, 0.717) is 35.0 Å². The van der Waals surface area contributed by atoms with E-state index in [1.54, 1.807) is 34.1 Å². The number of aromatic nitrogens is 5. The minimum atomic E-state index is -0.523. The number of hydrogen-bond donors (Lipinski definition) is 0. The Hall–Kier alpha value is -4.34. The largest absolute Gasteiger partial charge is 0.497 e. The van der Waals surface area contributed by atoms with Crippen LogP contribution in [0.25, 0.3) is 22.4 Å². The van der Waals surface area contributed by atoms with Crippen LogP contribution in [0.1, 0.15) is 13.3 Å². The second-order valence-corrected chi connectivity index (χ2v) is 8.16. The minimum Gasteiger partial charge on any atom is -0.497 e. The standard InChI is InChI=1S/C25H24FN7O2/c1-15-7-8-27-20(15)14-33(21-9-17(34-3)10-22(35-4)24(21)26)23-6-5-18-25(31-23)30-19(12-28-18)16-11-29-32(2)13-16/h5-6,8-13H,7,14H2,1-4H3. The Morgan fingerprint density at radius 1 is 1.11 bits per heavy atom. The van der Waals surface area contributed by atoms with E-state index in [2.05, 4.69) is 15.1 Å². The quantitative estimate of drug-likeness (QED) is 0.391. The molecule has 1 aliphatic heterocycles. The van der Waals surface area contributed by atoms with E-state index in [0.717, 1.165) is 23.3 Å². The molecule has 9 nitrogen and oxygen atoms in total. The van der Waals surface area contributed by atoms with E-state index in [1.165, 1.54) is 20.3 Å². The highest BCUT2D eigenvalue weighted by molar-refractivity contribution is 5.77. The molecule has 0 saturated carbocycles. The molecule has 0 radical (unpaired) electrons. The van der Waals surface area contributed by atoms with Crippen LogP contribution in [0.4, 0.5) is 15.9 Å². The summed E-state index contributed by atoms with van der Waals surface area (Å²) in [4.78, 5) is 20.2. The number of aryl methyl sites for hydroxylation is 1. The predicted molar refractivity (Wildman–Crippen MR) is 132 cm³/mol. The molecule has 0 bridgehead atoms. The highest BCUT2D eigenvalue weighted by Gasteiger charge is 2.23. The highest BCUT2D eigenvalue weighted by atomic mass is 19.1. The molecule has 0 amide bonds. The van der Waals surface area contributed by atoms with Gasteiger partial charge in [0.1, 0.15) is 17.1 Å². The molecule has 0 fully saturated rings. The lowest BCUT2D eigenvalue weighted by atomic mass is 10.2. The van der Waals surface area contributed by atoms with Gasteiger partial charge >= 0.3 is 0 Å².